The molecule has 36 heavy (non-hydrogen) atoms. The van der Waals surface area contributed by atoms with Crippen LogP contribution in [0.25, 0.3) is 22.1 Å². The number of imidazole rings is 1. The molecule has 8 nitrogen and oxygen atoms in total. The van der Waals surface area contributed by atoms with Crippen molar-refractivity contribution in [2.75, 3.05) is 25.4 Å². The molecule has 0 spiro atoms. The second-order valence-corrected chi connectivity index (χ2v) is 11.4. The van der Waals surface area contributed by atoms with Gasteiger partial charge in [0.25, 0.3) is 0 Å². The van der Waals surface area contributed by atoms with Gasteiger partial charge in [-0.1, -0.05) is 12.1 Å². The molecule has 2 N–H and O–H groups in total. The Bertz CT molecular complexity index is 1500. The highest BCUT2D eigenvalue weighted by Crippen LogP contribution is 2.23. The van der Waals surface area contributed by atoms with Crippen LogP contribution in [0.15, 0.2) is 53.3 Å². The zero-order valence-electron chi connectivity index (χ0n) is 19.6. The SMILES string of the molecule is Cl.O=c1[nH]c2cc3cc(OCCCS(=O)(=O)C4CCN(Cc5ccc(F)cc5)CC4)ccc3nc2[nH]1. The lowest BCUT2D eigenvalue weighted by molar-refractivity contribution is 0.222. The van der Waals surface area contributed by atoms with Crippen molar-refractivity contribution in [3.8, 4) is 5.75 Å². The molecule has 0 atom stereocenters. The molecular weight excluding hydrogens is 507 g/mol. The van der Waals surface area contributed by atoms with E-state index in [4.69, 9.17) is 4.74 Å². The molecule has 192 valence electrons. The number of pyridine rings is 1. The van der Waals surface area contributed by atoms with Crippen molar-refractivity contribution >= 4 is 44.3 Å². The zero-order valence-corrected chi connectivity index (χ0v) is 21.2. The molecule has 1 aliphatic rings. The second kappa shape index (κ2) is 11.0. The van der Waals surface area contributed by atoms with E-state index < -0.39 is 9.84 Å². The summed E-state index contributed by atoms with van der Waals surface area (Å²) in [6, 6.07) is 13.7. The minimum absolute atomic E-state index is 0. The van der Waals surface area contributed by atoms with Crippen molar-refractivity contribution in [3.63, 3.8) is 0 Å². The van der Waals surface area contributed by atoms with Crippen LogP contribution >= 0.6 is 12.4 Å². The topological polar surface area (TPSA) is 108 Å². The molecule has 0 saturated carbocycles. The molecule has 0 amide bonds. The van der Waals surface area contributed by atoms with Crippen LogP contribution in [0.3, 0.4) is 0 Å². The minimum Gasteiger partial charge on any atom is -0.494 e. The summed E-state index contributed by atoms with van der Waals surface area (Å²) in [4.78, 5) is 23.4. The third-order valence-corrected chi connectivity index (χ3v) is 8.82. The summed E-state index contributed by atoms with van der Waals surface area (Å²) in [5.41, 5.74) is 2.57. The molecule has 0 bridgehead atoms. The summed E-state index contributed by atoms with van der Waals surface area (Å²) in [6.07, 6.45) is 1.63. The standard InChI is InChI=1S/C25H27FN4O4S.ClH/c26-19-4-2-17(3-5-19)16-30-10-8-21(9-11-30)35(32,33)13-1-12-34-20-6-7-22-18(14-20)15-23-24(27-22)29-25(31)28-23;/h2-7,14-15,21H,1,8-13,16H2,(H2,27,28,29,31);1H. The van der Waals surface area contributed by atoms with Crippen molar-refractivity contribution in [1.82, 2.24) is 19.9 Å². The predicted octanol–water partition coefficient (Wildman–Crippen LogP) is 3.81. The summed E-state index contributed by atoms with van der Waals surface area (Å²) in [5.74, 6) is 0.467. The van der Waals surface area contributed by atoms with Gasteiger partial charge in [0, 0.05) is 11.9 Å². The molecule has 4 aromatic rings. The highest BCUT2D eigenvalue weighted by Gasteiger charge is 2.29. The normalized spacial score (nSPS) is 15.2. The number of sulfone groups is 1. The predicted molar refractivity (Wildman–Crippen MR) is 140 cm³/mol. The van der Waals surface area contributed by atoms with Crippen molar-refractivity contribution in [3.05, 3.63) is 70.4 Å². The fourth-order valence-electron chi connectivity index (χ4n) is 4.59. The molecular formula is C25H28ClFN4O4S. The molecule has 0 unspecified atom stereocenters. The maximum Gasteiger partial charge on any atom is 0.325 e. The fraction of sp³-hybridized carbons (Fsp3) is 0.360. The molecule has 11 heteroatoms. The average molecular weight is 535 g/mol. The number of rotatable bonds is 8. The number of hydrogen-bond acceptors (Lipinski definition) is 6. The van der Waals surface area contributed by atoms with E-state index >= 15 is 0 Å². The Labute approximate surface area is 214 Å². The number of nitrogens with zero attached hydrogens (tertiary/aromatic N) is 2. The van der Waals surface area contributed by atoms with Gasteiger partial charge in [-0.15, -0.1) is 12.4 Å². The van der Waals surface area contributed by atoms with Crippen LogP contribution in [0.1, 0.15) is 24.8 Å². The fourth-order valence-corrected chi connectivity index (χ4v) is 6.37. The Balaban J connectivity index is 0.00000304. The summed E-state index contributed by atoms with van der Waals surface area (Å²) >= 11 is 0. The van der Waals surface area contributed by atoms with Gasteiger partial charge in [-0.2, -0.15) is 0 Å². The first-order chi connectivity index (χ1) is 16.9. The van der Waals surface area contributed by atoms with Crippen LogP contribution in [-0.2, 0) is 16.4 Å². The number of nitrogens with one attached hydrogen (secondary N) is 2. The van der Waals surface area contributed by atoms with Crippen LogP contribution in [0.4, 0.5) is 4.39 Å². The Morgan fingerprint density at radius 2 is 1.81 bits per heavy atom. The van der Waals surface area contributed by atoms with E-state index in [1.54, 1.807) is 18.2 Å². The van der Waals surface area contributed by atoms with Gasteiger partial charge >= 0.3 is 5.69 Å². The van der Waals surface area contributed by atoms with Gasteiger partial charge in [-0.3, -0.25) is 9.88 Å². The molecule has 1 saturated heterocycles. The van der Waals surface area contributed by atoms with Gasteiger partial charge in [0.05, 0.1) is 28.6 Å². The van der Waals surface area contributed by atoms with E-state index in [9.17, 15) is 17.6 Å². The van der Waals surface area contributed by atoms with E-state index in [2.05, 4.69) is 19.9 Å². The maximum absolute atomic E-state index is 13.1. The van der Waals surface area contributed by atoms with Crippen LogP contribution in [0.5, 0.6) is 5.75 Å². The zero-order chi connectivity index (χ0) is 24.4. The smallest absolute Gasteiger partial charge is 0.325 e. The lowest BCUT2D eigenvalue weighted by Crippen LogP contribution is -2.39. The number of aromatic nitrogens is 3. The van der Waals surface area contributed by atoms with Gasteiger partial charge < -0.3 is 9.72 Å². The molecule has 1 aliphatic heterocycles. The number of fused-ring (bicyclic) bond motifs is 2. The van der Waals surface area contributed by atoms with E-state index in [1.165, 1.54) is 12.1 Å². The van der Waals surface area contributed by atoms with Crippen LogP contribution in [0.2, 0.25) is 0 Å². The quantitative estimate of drug-likeness (QED) is 0.333. The highest BCUT2D eigenvalue weighted by atomic mass is 35.5. The van der Waals surface area contributed by atoms with E-state index in [0.717, 1.165) is 16.5 Å². The number of halogens is 2. The monoisotopic (exact) mass is 534 g/mol. The van der Waals surface area contributed by atoms with Crippen LogP contribution in [0, 0.1) is 5.82 Å². The molecule has 0 radical (unpaired) electrons. The number of benzene rings is 2. The first-order valence-electron chi connectivity index (χ1n) is 11.7. The second-order valence-electron chi connectivity index (χ2n) is 8.99. The van der Waals surface area contributed by atoms with Gasteiger partial charge in [0.1, 0.15) is 11.6 Å². The third-order valence-electron chi connectivity index (χ3n) is 6.47. The lowest BCUT2D eigenvalue weighted by Gasteiger charge is -2.31. The van der Waals surface area contributed by atoms with Crippen LogP contribution < -0.4 is 10.4 Å². The van der Waals surface area contributed by atoms with Gasteiger partial charge in [0.2, 0.25) is 0 Å². The first kappa shape index (κ1) is 26.1. The number of H-pyrrole nitrogens is 2. The Morgan fingerprint density at radius 3 is 2.56 bits per heavy atom. The molecule has 3 heterocycles. The third kappa shape index (κ3) is 6.05. The number of likely N-dealkylation sites (tertiary alicyclic amines) is 1. The molecule has 0 aliphatic carbocycles. The molecule has 1 fully saturated rings. The van der Waals surface area contributed by atoms with Crippen LogP contribution in [-0.4, -0.2) is 59.0 Å². The van der Waals surface area contributed by atoms with Crippen molar-refractivity contribution < 1.29 is 17.5 Å². The summed E-state index contributed by atoms with van der Waals surface area (Å²) in [6.45, 7) is 2.42. The van der Waals surface area contributed by atoms with Crippen molar-refractivity contribution in [2.24, 2.45) is 0 Å². The van der Waals surface area contributed by atoms with E-state index in [0.29, 0.717) is 62.4 Å². The maximum atomic E-state index is 13.1. The van der Waals surface area contributed by atoms with Crippen molar-refractivity contribution in [1.29, 1.82) is 0 Å². The Morgan fingerprint density at radius 1 is 1.06 bits per heavy atom. The van der Waals surface area contributed by atoms with E-state index in [-0.39, 0.29) is 34.9 Å². The minimum atomic E-state index is -3.20. The summed E-state index contributed by atoms with van der Waals surface area (Å²) in [5, 5.41) is 0.495. The average Bonchev–Trinajstić information content (AvgIpc) is 3.21. The summed E-state index contributed by atoms with van der Waals surface area (Å²) < 4.78 is 44.6. The first-order valence-corrected chi connectivity index (χ1v) is 13.4. The van der Waals surface area contributed by atoms with E-state index in [1.807, 2.05) is 18.2 Å². The number of ether oxygens (including phenoxy) is 1. The highest BCUT2D eigenvalue weighted by molar-refractivity contribution is 7.92. The van der Waals surface area contributed by atoms with Gasteiger partial charge in [-0.05, 0) is 74.3 Å². The molecule has 2 aromatic carbocycles. The lowest BCUT2D eigenvalue weighted by atomic mass is 10.1. The Hall–Kier alpha value is -2.95. The number of aromatic amines is 2. The Kier molecular flexibility index (Phi) is 7.97. The van der Waals surface area contributed by atoms with Gasteiger partial charge in [-0.25, -0.2) is 22.6 Å². The van der Waals surface area contributed by atoms with Gasteiger partial charge in [0.15, 0.2) is 15.5 Å². The van der Waals surface area contributed by atoms with Crippen molar-refractivity contribution in [2.45, 2.75) is 31.1 Å². The number of piperidine rings is 1. The summed E-state index contributed by atoms with van der Waals surface area (Å²) in [7, 11) is -3.20. The number of hydrogen-bond donors (Lipinski definition) is 2. The molecule has 2 aromatic heterocycles. The molecule has 5 rings (SSSR count). The largest absolute Gasteiger partial charge is 0.494 e.